The van der Waals surface area contributed by atoms with Crippen LogP contribution in [-0.2, 0) is 19.1 Å². The highest BCUT2D eigenvalue weighted by molar-refractivity contribution is 6.91. The predicted octanol–water partition coefficient (Wildman–Crippen LogP) is 2.30. The molecule has 5 nitrogen and oxygen atoms in total. The zero-order valence-electron chi connectivity index (χ0n) is 14.0. The van der Waals surface area contributed by atoms with Crippen molar-refractivity contribution < 1.29 is 19.1 Å². The molecule has 0 radical (unpaired) electrons. The first kappa shape index (κ1) is 19.8. The van der Waals surface area contributed by atoms with Crippen molar-refractivity contribution in [3.05, 3.63) is 24.3 Å². The number of nitrogens with one attached hydrogen (secondary N) is 1. The van der Waals surface area contributed by atoms with E-state index in [0.717, 1.165) is 0 Å². The second kappa shape index (κ2) is 7.72. The Hall–Kier alpha value is -1.19. The summed E-state index contributed by atoms with van der Waals surface area (Å²) < 4.78 is 14.1. The lowest BCUT2D eigenvalue weighted by Gasteiger charge is -2.33. The molecule has 21 heavy (non-hydrogen) atoms. The van der Waals surface area contributed by atoms with Crippen molar-refractivity contribution in [1.29, 1.82) is 0 Å². The van der Waals surface area contributed by atoms with Gasteiger partial charge in [0.15, 0.2) is 16.5 Å². The Balaban J connectivity index is 4.46. The molecule has 0 rings (SSSR count). The summed E-state index contributed by atoms with van der Waals surface area (Å²) in [5.41, 5.74) is 0.790. The molecule has 0 bridgehead atoms. The fraction of sp³-hybridized carbons (Fsp3) is 0.571. The van der Waals surface area contributed by atoms with E-state index in [1.807, 2.05) is 0 Å². The standard InChI is InChI=1S/C14H27NO4Si2/c1-11(2)13(16)18-9-20(5,6)15-21(7,8)10-19-14(17)12(3)4/h15H,1,3,9-10H2,2,4-8H3. The lowest BCUT2D eigenvalue weighted by Crippen LogP contribution is -2.64. The van der Waals surface area contributed by atoms with Crippen LogP contribution in [0.4, 0.5) is 0 Å². The molecular formula is C14H27NO4Si2. The van der Waals surface area contributed by atoms with Crippen molar-refractivity contribution in [2.75, 3.05) is 12.5 Å². The predicted molar refractivity (Wildman–Crippen MR) is 89.6 cm³/mol. The molecule has 7 heteroatoms. The van der Waals surface area contributed by atoms with Crippen molar-refractivity contribution in [3.8, 4) is 0 Å². The quantitative estimate of drug-likeness (QED) is 0.420. The molecule has 0 saturated heterocycles. The van der Waals surface area contributed by atoms with Gasteiger partial charge in [-0.1, -0.05) is 39.3 Å². The van der Waals surface area contributed by atoms with Crippen LogP contribution in [0, 0.1) is 0 Å². The molecule has 1 N–H and O–H groups in total. The number of hydrogen-bond donors (Lipinski definition) is 1. The minimum atomic E-state index is -1.93. The first-order chi connectivity index (χ1) is 9.36. The minimum Gasteiger partial charge on any atom is -0.464 e. The van der Waals surface area contributed by atoms with Crippen LogP contribution in [0.5, 0.6) is 0 Å². The first-order valence-corrected chi connectivity index (χ1v) is 13.2. The molecule has 0 atom stereocenters. The number of esters is 2. The number of carbonyl (C=O) groups excluding carboxylic acids is 2. The Morgan fingerprint density at radius 2 is 1.14 bits per heavy atom. The molecule has 0 unspecified atom stereocenters. The van der Waals surface area contributed by atoms with Crippen LogP contribution in [0.2, 0.25) is 26.2 Å². The van der Waals surface area contributed by atoms with E-state index in [1.165, 1.54) is 0 Å². The van der Waals surface area contributed by atoms with Crippen molar-refractivity contribution in [2.45, 2.75) is 40.0 Å². The summed E-state index contributed by atoms with van der Waals surface area (Å²) in [7, 11) is -3.87. The third-order valence-corrected chi connectivity index (χ3v) is 9.65. The Morgan fingerprint density at radius 1 is 0.857 bits per heavy atom. The molecule has 0 aromatic carbocycles. The summed E-state index contributed by atoms with van der Waals surface area (Å²) in [6.07, 6.45) is 0.729. The summed E-state index contributed by atoms with van der Waals surface area (Å²) in [6, 6.07) is 0. The van der Waals surface area contributed by atoms with Crippen molar-refractivity contribution in [2.24, 2.45) is 0 Å². The highest BCUT2D eigenvalue weighted by Crippen LogP contribution is 2.08. The zero-order chi connectivity index (χ0) is 16.8. The highest BCUT2D eigenvalue weighted by atomic mass is 28.4. The van der Waals surface area contributed by atoms with Gasteiger partial charge in [-0.25, -0.2) is 9.59 Å². The van der Waals surface area contributed by atoms with E-state index in [0.29, 0.717) is 23.6 Å². The summed E-state index contributed by atoms with van der Waals surface area (Å²) >= 11 is 0. The van der Waals surface area contributed by atoms with Gasteiger partial charge in [-0.2, -0.15) is 0 Å². The fourth-order valence-electron chi connectivity index (χ4n) is 1.73. The second-order valence-corrected chi connectivity index (χ2v) is 15.7. The Morgan fingerprint density at radius 3 is 1.38 bits per heavy atom. The molecule has 0 amide bonds. The van der Waals surface area contributed by atoms with Gasteiger partial charge in [0, 0.05) is 11.1 Å². The van der Waals surface area contributed by atoms with E-state index >= 15 is 0 Å². The van der Waals surface area contributed by atoms with E-state index in [-0.39, 0.29) is 11.9 Å². The van der Waals surface area contributed by atoms with E-state index in [9.17, 15) is 9.59 Å². The lowest BCUT2D eigenvalue weighted by atomic mass is 10.4. The average molecular weight is 330 g/mol. The maximum Gasteiger partial charge on any atom is 0.332 e. The van der Waals surface area contributed by atoms with Crippen LogP contribution in [0.3, 0.4) is 0 Å². The van der Waals surface area contributed by atoms with Crippen molar-refractivity contribution in [1.82, 2.24) is 4.65 Å². The van der Waals surface area contributed by atoms with Gasteiger partial charge in [-0.05, 0) is 13.8 Å². The number of carbonyl (C=O) groups is 2. The van der Waals surface area contributed by atoms with E-state index in [4.69, 9.17) is 9.47 Å². The average Bonchev–Trinajstić information content (AvgIpc) is 2.31. The fourth-order valence-corrected chi connectivity index (χ4v) is 10.6. The van der Waals surface area contributed by atoms with Crippen molar-refractivity contribution in [3.63, 3.8) is 0 Å². The third-order valence-electron chi connectivity index (χ3n) is 2.50. The maximum absolute atomic E-state index is 11.5. The highest BCUT2D eigenvalue weighted by Gasteiger charge is 2.33. The molecule has 0 aliphatic carbocycles. The molecule has 0 fully saturated rings. The molecule has 0 spiro atoms. The zero-order valence-corrected chi connectivity index (χ0v) is 16.0. The van der Waals surface area contributed by atoms with Gasteiger partial charge in [0.05, 0.1) is 12.5 Å². The molecule has 0 aromatic rings. The van der Waals surface area contributed by atoms with Crippen LogP contribution >= 0.6 is 0 Å². The molecular weight excluding hydrogens is 302 g/mol. The number of rotatable bonds is 8. The van der Waals surface area contributed by atoms with Crippen LogP contribution in [0.15, 0.2) is 24.3 Å². The van der Waals surface area contributed by atoms with E-state index in [2.05, 4.69) is 44.0 Å². The molecule has 0 aliphatic rings. The third kappa shape index (κ3) is 8.64. The molecule has 120 valence electrons. The number of hydrogen-bond acceptors (Lipinski definition) is 5. The summed E-state index contributed by atoms with van der Waals surface area (Å²) in [5, 5.41) is 0. The van der Waals surface area contributed by atoms with Gasteiger partial charge in [0.1, 0.15) is 0 Å². The normalized spacial score (nSPS) is 11.7. The van der Waals surface area contributed by atoms with Crippen LogP contribution in [-0.4, -0.2) is 40.9 Å². The van der Waals surface area contributed by atoms with Gasteiger partial charge in [-0.15, -0.1) is 0 Å². The number of ether oxygens (including phenoxy) is 2. The second-order valence-electron chi connectivity index (χ2n) is 6.61. The van der Waals surface area contributed by atoms with Gasteiger partial charge >= 0.3 is 11.9 Å². The van der Waals surface area contributed by atoms with Gasteiger partial charge in [0.25, 0.3) is 0 Å². The molecule has 0 aromatic heterocycles. The largest absolute Gasteiger partial charge is 0.464 e. The smallest absolute Gasteiger partial charge is 0.332 e. The molecule has 0 heterocycles. The SMILES string of the molecule is C=C(C)C(=O)OC[Si](C)(C)N[Si](C)(C)COC(=O)C(=C)C. The molecule has 0 aliphatic heterocycles. The van der Waals surface area contributed by atoms with Crippen molar-refractivity contribution >= 4 is 28.4 Å². The first-order valence-electron chi connectivity index (χ1n) is 6.81. The van der Waals surface area contributed by atoms with Crippen LogP contribution in [0.25, 0.3) is 0 Å². The minimum absolute atomic E-state index is 0.365. The Labute approximate surface area is 129 Å². The Kier molecular flexibility index (Phi) is 7.28. The summed E-state index contributed by atoms with van der Waals surface area (Å²) in [5.74, 6) is -0.740. The summed E-state index contributed by atoms with van der Waals surface area (Å²) in [6.45, 7) is 18.7. The van der Waals surface area contributed by atoms with E-state index < -0.39 is 16.5 Å². The van der Waals surface area contributed by atoms with Gasteiger partial charge in [0.2, 0.25) is 0 Å². The van der Waals surface area contributed by atoms with Gasteiger partial charge < -0.3 is 14.1 Å². The van der Waals surface area contributed by atoms with Crippen LogP contribution in [0.1, 0.15) is 13.8 Å². The Bertz CT molecular complexity index is 404. The molecule has 0 saturated carbocycles. The van der Waals surface area contributed by atoms with Gasteiger partial charge in [-0.3, -0.25) is 0 Å². The van der Waals surface area contributed by atoms with Crippen LogP contribution < -0.4 is 4.65 Å². The maximum atomic E-state index is 11.5. The van der Waals surface area contributed by atoms with E-state index in [1.54, 1.807) is 13.8 Å². The lowest BCUT2D eigenvalue weighted by molar-refractivity contribution is -0.137. The summed E-state index contributed by atoms with van der Waals surface area (Å²) in [4.78, 5) is 22.9. The monoisotopic (exact) mass is 329 g/mol. The topological polar surface area (TPSA) is 64.6 Å².